The van der Waals surface area contributed by atoms with Gasteiger partial charge in [0.05, 0.1) is 12.6 Å². The van der Waals surface area contributed by atoms with Gasteiger partial charge >= 0.3 is 0 Å². The lowest BCUT2D eigenvalue weighted by Crippen LogP contribution is -2.46. The van der Waals surface area contributed by atoms with Crippen molar-refractivity contribution in [1.29, 1.82) is 0 Å². The fourth-order valence-corrected chi connectivity index (χ4v) is 2.99. The van der Waals surface area contributed by atoms with Crippen LogP contribution in [0.2, 0.25) is 0 Å². The molecular formula is C18H29N3O2. The summed E-state index contributed by atoms with van der Waals surface area (Å²) in [4.78, 5) is 15.8. The number of benzene rings is 1. The molecule has 1 heterocycles. The zero-order valence-electron chi connectivity index (χ0n) is 14.3. The average Bonchev–Trinajstić information content (AvgIpc) is 2.72. The summed E-state index contributed by atoms with van der Waals surface area (Å²) in [7, 11) is 0. The van der Waals surface area contributed by atoms with Gasteiger partial charge in [0.1, 0.15) is 0 Å². The van der Waals surface area contributed by atoms with E-state index in [1.807, 2.05) is 6.07 Å². The van der Waals surface area contributed by atoms with E-state index in [0.29, 0.717) is 0 Å². The fourth-order valence-electron chi connectivity index (χ4n) is 2.99. The van der Waals surface area contributed by atoms with Crippen molar-refractivity contribution in [3.05, 3.63) is 35.9 Å². The standard InChI is InChI=1S/C18H29N3O2/c1-15(2)21(14-18(19)22)13-17-12-20(9-6-10-23-17)11-16-7-4-3-5-8-16/h3-5,7-8,15,17H,6,9-14H2,1-2H3,(H2,19,22). The second-order valence-electron chi connectivity index (χ2n) is 6.56. The lowest BCUT2D eigenvalue weighted by atomic mass is 10.2. The van der Waals surface area contributed by atoms with E-state index in [0.717, 1.165) is 39.2 Å². The van der Waals surface area contributed by atoms with Crippen LogP contribution in [-0.4, -0.2) is 60.6 Å². The van der Waals surface area contributed by atoms with Crippen molar-refractivity contribution in [3.8, 4) is 0 Å². The molecule has 5 nitrogen and oxygen atoms in total. The molecule has 2 rings (SSSR count). The van der Waals surface area contributed by atoms with E-state index >= 15 is 0 Å². The molecule has 0 saturated carbocycles. The molecule has 5 heteroatoms. The molecule has 1 unspecified atom stereocenters. The second kappa shape index (κ2) is 9.01. The molecule has 1 aliphatic heterocycles. The van der Waals surface area contributed by atoms with Gasteiger partial charge in [-0.2, -0.15) is 0 Å². The van der Waals surface area contributed by atoms with Crippen molar-refractivity contribution in [3.63, 3.8) is 0 Å². The van der Waals surface area contributed by atoms with E-state index in [1.54, 1.807) is 0 Å². The van der Waals surface area contributed by atoms with Gasteiger partial charge in [0.25, 0.3) is 0 Å². The number of hydrogen-bond acceptors (Lipinski definition) is 4. The van der Waals surface area contributed by atoms with Crippen LogP contribution in [0.4, 0.5) is 0 Å². The van der Waals surface area contributed by atoms with E-state index in [1.165, 1.54) is 5.56 Å². The highest BCUT2D eigenvalue weighted by Gasteiger charge is 2.23. The fraction of sp³-hybridized carbons (Fsp3) is 0.611. The molecule has 1 aliphatic rings. The first-order valence-electron chi connectivity index (χ1n) is 8.45. The maximum absolute atomic E-state index is 11.3. The lowest BCUT2D eigenvalue weighted by molar-refractivity contribution is -0.120. The SMILES string of the molecule is CC(C)N(CC(N)=O)CC1CN(Cc2ccccc2)CCCO1. The third kappa shape index (κ3) is 6.29. The van der Waals surface area contributed by atoms with Crippen LogP contribution >= 0.6 is 0 Å². The molecule has 0 bridgehead atoms. The van der Waals surface area contributed by atoms with Crippen molar-refractivity contribution >= 4 is 5.91 Å². The van der Waals surface area contributed by atoms with Crippen molar-refractivity contribution in [1.82, 2.24) is 9.80 Å². The molecule has 1 atom stereocenters. The van der Waals surface area contributed by atoms with E-state index in [9.17, 15) is 4.79 Å². The minimum absolute atomic E-state index is 0.114. The largest absolute Gasteiger partial charge is 0.376 e. The van der Waals surface area contributed by atoms with Gasteiger partial charge in [-0.3, -0.25) is 14.6 Å². The Morgan fingerprint density at radius 1 is 1.39 bits per heavy atom. The van der Waals surface area contributed by atoms with Crippen LogP contribution in [0.25, 0.3) is 0 Å². The normalized spacial score (nSPS) is 19.9. The number of rotatable bonds is 7. The number of nitrogens with zero attached hydrogens (tertiary/aromatic N) is 2. The molecule has 1 amide bonds. The van der Waals surface area contributed by atoms with Crippen molar-refractivity contribution in [2.24, 2.45) is 5.73 Å². The van der Waals surface area contributed by atoms with Crippen LogP contribution in [0.1, 0.15) is 25.8 Å². The van der Waals surface area contributed by atoms with Gasteiger partial charge in [0.2, 0.25) is 5.91 Å². The van der Waals surface area contributed by atoms with E-state index in [4.69, 9.17) is 10.5 Å². The van der Waals surface area contributed by atoms with E-state index < -0.39 is 0 Å². The molecule has 1 aromatic rings. The van der Waals surface area contributed by atoms with Gasteiger partial charge in [-0.15, -0.1) is 0 Å². The summed E-state index contributed by atoms with van der Waals surface area (Å²) in [6.07, 6.45) is 1.16. The minimum Gasteiger partial charge on any atom is -0.376 e. The predicted octanol–water partition coefficient (Wildman–Crippen LogP) is 1.47. The first kappa shape index (κ1) is 17.9. The van der Waals surface area contributed by atoms with Crippen LogP contribution in [-0.2, 0) is 16.1 Å². The molecule has 23 heavy (non-hydrogen) atoms. The summed E-state index contributed by atoms with van der Waals surface area (Å²) >= 11 is 0. The van der Waals surface area contributed by atoms with Crippen LogP contribution in [0.15, 0.2) is 30.3 Å². The molecule has 1 saturated heterocycles. The molecular weight excluding hydrogens is 290 g/mol. The summed E-state index contributed by atoms with van der Waals surface area (Å²) in [5.74, 6) is -0.284. The Labute approximate surface area is 139 Å². The first-order valence-corrected chi connectivity index (χ1v) is 8.45. The number of nitrogens with two attached hydrogens (primary N) is 1. The average molecular weight is 319 g/mol. The quantitative estimate of drug-likeness (QED) is 0.827. The van der Waals surface area contributed by atoms with Crippen molar-refractivity contribution in [2.75, 3.05) is 32.8 Å². The number of amides is 1. The topological polar surface area (TPSA) is 58.8 Å². The highest BCUT2D eigenvalue weighted by atomic mass is 16.5. The number of carbonyl (C=O) groups excluding carboxylic acids is 1. The minimum atomic E-state index is -0.284. The van der Waals surface area contributed by atoms with E-state index in [-0.39, 0.29) is 24.6 Å². The molecule has 1 aromatic carbocycles. The summed E-state index contributed by atoms with van der Waals surface area (Å²) in [6.45, 7) is 8.85. The Balaban J connectivity index is 1.94. The molecule has 0 aromatic heterocycles. The molecule has 0 radical (unpaired) electrons. The molecule has 2 N–H and O–H groups in total. The maximum atomic E-state index is 11.3. The Morgan fingerprint density at radius 2 is 2.13 bits per heavy atom. The Kier molecular flexibility index (Phi) is 7.02. The zero-order chi connectivity index (χ0) is 16.7. The Morgan fingerprint density at radius 3 is 2.78 bits per heavy atom. The zero-order valence-corrected chi connectivity index (χ0v) is 14.3. The molecule has 1 fully saturated rings. The summed E-state index contributed by atoms with van der Waals surface area (Å²) in [5, 5.41) is 0. The Bertz CT molecular complexity index is 478. The molecule has 0 aliphatic carbocycles. The second-order valence-corrected chi connectivity index (χ2v) is 6.56. The first-order chi connectivity index (χ1) is 11.0. The third-order valence-electron chi connectivity index (χ3n) is 4.21. The van der Waals surface area contributed by atoms with Crippen LogP contribution in [0, 0.1) is 0 Å². The molecule has 0 spiro atoms. The maximum Gasteiger partial charge on any atom is 0.231 e. The monoisotopic (exact) mass is 319 g/mol. The smallest absolute Gasteiger partial charge is 0.231 e. The predicted molar refractivity (Wildman–Crippen MR) is 92.0 cm³/mol. The number of carbonyl (C=O) groups is 1. The van der Waals surface area contributed by atoms with Crippen LogP contribution in [0.3, 0.4) is 0 Å². The van der Waals surface area contributed by atoms with Crippen LogP contribution < -0.4 is 5.73 Å². The van der Waals surface area contributed by atoms with Gasteiger partial charge in [-0.25, -0.2) is 0 Å². The Hall–Kier alpha value is -1.43. The van der Waals surface area contributed by atoms with Crippen molar-refractivity contribution < 1.29 is 9.53 Å². The third-order valence-corrected chi connectivity index (χ3v) is 4.21. The highest BCUT2D eigenvalue weighted by Crippen LogP contribution is 2.13. The van der Waals surface area contributed by atoms with Gasteiger partial charge in [0.15, 0.2) is 0 Å². The number of ether oxygens (including phenoxy) is 1. The lowest BCUT2D eigenvalue weighted by Gasteiger charge is -2.31. The van der Waals surface area contributed by atoms with E-state index in [2.05, 4.69) is 47.9 Å². The highest BCUT2D eigenvalue weighted by molar-refractivity contribution is 5.75. The van der Waals surface area contributed by atoms with Gasteiger partial charge in [-0.05, 0) is 25.8 Å². The summed E-state index contributed by atoms with van der Waals surface area (Å²) < 4.78 is 6.00. The van der Waals surface area contributed by atoms with Crippen LogP contribution in [0.5, 0.6) is 0 Å². The number of primary amides is 1. The summed E-state index contributed by atoms with van der Waals surface area (Å²) in [5.41, 5.74) is 6.69. The van der Waals surface area contributed by atoms with Crippen molar-refractivity contribution in [2.45, 2.75) is 39.0 Å². The van der Waals surface area contributed by atoms with Gasteiger partial charge in [0, 0.05) is 38.8 Å². The number of hydrogen-bond donors (Lipinski definition) is 1. The molecule has 128 valence electrons. The summed E-state index contributed by atoms with van der Waals surface area (Å²) in [6, 6.07) is 10.8. The van der Waals surface area contributed by atoms with Gasteiger partial charge in [-0.1, -0.05) is 30.3 Å². The van der Waals surface area contributed by atoms with Gasteiger partial charge < -0.3 is 10.5 Å².